The summed E-state index contributed by atoms with van der Waals surface area (Å²) in [7, 11) is 0. The first-order valence-electron chi connectivity index (χ1n) is 7.25. The van der Waals surface area contributed by atoms with Crippen molar-refractivity contribution in [3.05, 3.63) is 51.8 Å². The van der Waals surface area contributed by atoms with Gasteiger partial charge in [0, 0.05) is 6.07 Å². The molecule has 4 N–H and O–H groups in total. The Bertz CT molecular complexity index is 1020. The van der Waals surface area contributed by atoms with Crippen LogP contribution in [0.1, 0.15) is 5.56 Å². The number of benzene rings is 2. The van der Waals surface area contributed by atoms with E-state index in [4.69, 9.17) is 21.1 Å². The van der Waals surface area contributed by atoms with Gasteiger partial charge in [0.2, 0.25) is 5.71 Å². The number of alkyl halides is 3. The van der Waals surface area contributed by atoms with Gasteiger partial charge in [-0.15, -0.1) is 0 Å². The van der Waals surface area contributed by atoms with E-state index in [9.17, 15) is 26.3 Å². The minimum absolute atomic E-state index is 0.0470. The lowest BCUT2D eigenvalue weighted by Gasteiger charge is -2.14. The van der Waals surface area contributed by atoms with E-state index < -0.39 is 52.2 Å². The minimum Gasteiger partial charge on any atom is -0.450 e. The molecule has 0 spiro atoms. The largest absolute Gasteiger partial charge is 0.450 e. The first-order chi connectivity index (χ1) is 13.4. The summed E-state index contributed by atoms with van der Waals surface area (Å²) < 4.78 is 84.6. The number of nitrogens with two attached hydrogens (primary N) is 1. The first kappa shape index (κ1) is 22.0. The van der Waals surface area contributed by atoms with Gasteiger partial charge in [0.1, 0.15) is 17.6 Å². The van der Waals surface area contributed by atoms with E-state index in [1.165, 1.54) is 6.07 Å². The quantitative estimate of drug-likeness (QED) is 0.245. The van der Waals surface area contributed by atoms with Crippen LogP contribution in [0.25, 0.3) is 0 Å². The number of ether oxygens (including phenoxy) is 1. The number of nitrogens with one attached hydrogen (secondary N) is 2. The summed E-state index contributed by atoms with van der Waals surface area (Å²) in [5.41, 5.74) is 4.60. The van der Waals surface area contributed by atoms with Crippen LogP contribution in [0.2, 0.25) is 0 Å². The summed E-state index contributed by atoms with van der Waals surface area (Å²) in [6, 6.07) is 3.25. The van der Waals surface area contributed by atoms with E-state index >= 15 is 0 Å². The highest BCUT2D eigenvalue weighted by atomic mass is 79.9. The topological polar surface area (TPSA) is 107 Å². The van der Waals surface area contributed by atoms with Gasteiger partial charge in [-0.3, -0.25) is 10.8 Å². The summed E-state index contributed by atoms with van der Waals surface area (Å²) >= 11 is 2.89. The fourth-order valence-electron chi connectivity index (χ4n) is 1.89. The summed E-state index contributed by atoms with van der Waals surface area (Å²) in [5, 5.41) is 19.2. The fourth-order valence-corrected chi connectivity index (χ4v) is 2.28. The van der Waals surface area contributed by atoms with E-state index in [-0.39, 0.29) is 22.4 Å². The van der Waals surface area contributed by atoms with Crippen molar-refractivity contribution in [2.75, 3.05) is 5.43 Å². The highest BCUT2D eigenvalue weighted by Crippen LogP contribution is 2.38. The number of hydrogen-bond acceptors (Lipinski definition) is 5. The minimum atomic E-state index is -4.97. The number of hydrazone groups is 1. The number of anilines is 1. The molecule has 0 aromatic heterocycles. The zero-order valence-electron chi connectivity index (χ0n) is 13.8. The molecule has 0 saturated carbocycles. The molecule has 0 unspecified atom stereocenters. The Balaban J connectivity index is 2.42. The standard InChI is InChI=1S/C16H8BrF6N5O/c17-7-3-8(18)11(27-28-12(5-24)15(25)26)4-13(7)29-14-9(19)1-6(2-10(14)20)16(21,22)23/h1-4,27H,(H3,25,26)/b28-12+. The van der Waals surface area contributed by atoms with E-state index in [0.29, 0.717) is 0 Å². The molecular weight excluding hydrogens is 472 g/mol. The van der Waals surface area contributed by atoms with Crippen LogP contribution >= 0.6 is 15.9 Å². The highest BCUT2D eigenvalue weighted by Gasteiger charge is 2.33. The molecule has 0 aliphatic heterocycles. The molecule has 0 atom stereocenters. The van der Waals surface area contributed by atoms with Crippen molar-refractivity contribution < 1.29 is 31.1 Å². The lowest BCUT2D eigenvalue weighted by Crippen LogP contribution is -2.22. The average molecular weight is 480 g/mol. The van der Waals surface area contributed by atoms with Crippen molar-refractivity contribution in [3.8, 4) is 17.6 Å². The Morgan fingerprint density at radius 3 is 2.21 bits per heavy atom. The smallest absolute Gasteiger partial charge is 0.416 e. The molecule has 0 saturated heterocycles. The third-order valence-electron chi connectivity index (χ3n) is 3.21. The number of hydrogen-bond donors (Lipinski definition) is 3. The van der Waals surface area contributed by atoms with Gasteiger partial charge in [-0.25, -0.2) is 13.2 Å². The van der Waals surface area contributed by atoms with Crippen molar-refractivity contribution in [3.63, 3.8) is 0 Å². The number of nitriles is 1. The molecule has 13 heteroatoms. The molecule has 6 nitrogen and oxygen atoms in total. The second kappa shape index (κ2) is 8.39. The third kappa shape index (κ3) is 5.17. The summed E-state index contributed by atoms with van der Waals surface area (Å²) in [6.45, 7) is 0. The average Bonchev–Trinajstić information content (AvgIpc) is 2.60. The van der Waals surface area contributed by atoms with Crippen LogP contribution in [0.15, 0.2) is 33.8 Å². The molecule has 2 aromatic carbocycles. The molecule has 0 aliphatic rings. The molecule has 0 radical (unpaired) electrons. The molecule has 2 rings (SSSR count). The van der Waals surface area contributed by atoms with Gasteiger partial charge in [-0.05, 0) is 34.1 Å². The molecule has 0 aliphatic carbocycles. The molecule has 0 amide bonds. The second-order valence-electron chi connectivity index (χ2n) is 5.23. The molecule has 0 heterocycles. The highest BCUT2D eigenvalue weighted by molar-refractivity contribution is 9.10. The van der Waals surface area contributed by atoms with Gasteiger partial charge >= 0.3 is 6.18 Å². The Labute approximate surface area is 167 Å². The van der Waals surface area contributed by atoms with Crippen LogP contribution in [0, 0.1) is 34.2 Å². The van der Waals surface area contributed by atoms with Crippen molar-refractivity contribution in [2.45, 2.75) is 6.18 Å². The van der Waals surface area contributed by atoms with Crippen LogP contribution < -0.4 is 15.9 Å². The van der Waals surface area contributed by atoms with Crippen molar-refractivity contribution in [1.82, 2.24) is 0 Å². The maximum Gasteiger partial charge on any atom is 0.416 e. The molecule has 0 bridgehead atoms. The van der Waals surface area contributed by atoms with Gasteiger partial charge in [0.15, 0.2) is 23.2 Å². The predicted octanol–water partition coefficient (Wildman–Crippen LogP) is 4.90. The fraction of sp³-hybridized carbons (Fsp3) is 0.0625. The Kier molecular flexibility index (Phi) is 6.38. The monoisotopic (exact) mass is 479 g/mol. The van der Waals surface area contributed by atoms with Gasteiger partial charge in [-0.1, -0.05) is 0 Å². The van der Waals surface area contributed by atoms with Crippen LogP contribution in [0.4, 0.5) is 32.0 Å². The maximum absolute atomic E-state index is 14.0. The third-order valence-corrected chi connectivity index (χ3v) is 3.83. The van der Waals surface area contributed by atoms with Crippen LogP contribution in [-0.4, -0.2) is 11.5 Å². The van der Waals surface area contributed by atoms with Crippen molar-refractivity contribution in [2.24, 2.45) is 10.8 Å². The molecule has 29 heavy (non-hydrogen) atoms. The number of amidine groups is 1. The van der Waals surface area contributed by atoms with Crippen LogP contribution in [-0.2, 0) is 6.18 Å². The van der Waals surface area contributed by atoms with Gasteiger partial charge in [-0.2, -0.15) is 23.5 Å². The zero-order valence-corrected chi connectivity index (χ0v) is 15.4. The Morgan fingerprint density at radius 1 is 1.14 bits per heavy atom. The SMILES string of the molecule is N#C/C(=N\Nc1cc(Oc2c(F)cc(C(F)(F)F)cc2F)c(Br)cc1F)C(=N)N. The number of halogens is 7. The van der Waals surface area contributed by atoms with Gasteiger partial charge < -0.3 is 10.5 Å². The Hall–Kier alpha value is -3.27. The first-order valence-corrected chi connectivity index (χ1v) is 8.04. The lowest BCUT2D eigenvalue weighted by atomic mass is 10.2. The molecule has 0 fully saturated rings. The van der Waals surface area contributed by atoms with E-state index in [0.717, 1.165) is 12.1 Å². The second-order valence-corrected chi connectivity index (χ2v) is 6.08. The maximum atomic E-state index is 14.0. The summed E-state index contributed by atoms with van der Waals surface area (Å²) in [4.78, 5) is 0. The van der Waals surface area contributed by atoms with Gasteiger partial charge in [0.25, 0.3) is 0 Å². The predicted molar refractivity (Wildman–Crippen MR) is 94.1 cm³/mol. The summed E-state index contributed by atoms with van der Waals surface area (Å²) in [5.74, 6) is -6.46. The Morgan fingerprint density at radius 2 is 1.72 bits per heavy atom. The zero-order chi connectivity index (χ0) is 21.9. The van der Waals surface area contributed by atoms with E-state index in [1.807, 2.05) is 0 Å². The lowest BCUT2D eigenvalue weighted by molar-refractivity contribution is -0.138. The van der Waals surface area contributed by atoms with Gasteiger partial charge in [0.05, 0.1) is 15.7 Å². The van der Waals surface area contributed by atoms with Crippen molar-refractivity contribution >= 4 is 33.2 Å². The molecular formula is C16H8BrF6N5O. The molecule has 2 aromatic rings. The number of nitrogens with zero attached hydrogens (tertiary/aromatic N) is 2. The van der Waals surface area contributed by atoms with Crippen LogP contribution in [0.5, 0.6) is 11.5 Å². The van der Waals surface area contributed by atoms with Crippen LogP contribution in [0.3, 0.4) is 0 Å². The molecule has 152 valence electrons. The number of rotatable bonds is 5. The summed E-state index contributed by atoms with van der Waals surface area (Å²) in [6.07, 6.45) is -4.97. The van der Waals surface area contributed by atoms with E-state index in [2.05, 4.69) is 26.5 Å². The normalized spacial score (nSPS) is 11.7. The van der Waals surface area contributed by atoms with E-state index in [1.54, 1.807) is 0 Å². The van der Waals surface area contributed by atoms with Crippen molar-refractivity contribution in [1.29, 1.82) is 10.7 Å².